The minimum atomic E-state index is -0.617. The molecule has 3 aromatic rings. The van der Waals surface area contributed by atoms with Gasteiger partial charge in [0, 0.05) is 43.2 Å². The van der Waals surface area contributed by atoms with Crippen LogP contribution in [0.15, 0.2) is 71.4 Å². The van der Waals surface area contributed by atoms with E-state index in [1.807, 2.05) is 36.4 Å². The van der Waals surface area contributed by atoms with E-state index in [-0.39, 0.29) is 23.5 Å². The summed E-state index contributed by atoms with van der Waals surface area (Å²) in [7, 11) is 1.54. The molecular formula is C28H25FN4O3. The topological polar surface area (TPSA) is 88.2 Å². The van der Waals surface area contributed by atoms with E-state index >= 15 is 0 Å². The number of aryl methyl sites for hydroxylation is 1. The fourth-order valence-electron chi connectivity index (χ4n) is 4.03. The van der Waals surface area contributed by atoms with Crippen LogP contribution in [0.4, 0.5) is 4.39 Å². The summed E-state index contributed by atoms with van der Waals surface area (Å²) in [6.07, 6.45) is 3.80. The third-order valence-corrected chi connectivity index (χ3v) is 6.06. The maximum atomic E-state index is 14.4. The van der Waals surface area contributed by atoms with Gasteiger partial charge in [0.1, 0.15) is 23.2 Å². The molecule has 1 aliphatic heterocycles. The van der Waals surface area contributed by atoms with Crippen molar-refractivity contribution in [2.24, 2.45) is 0 Å². The minimum absolute atomic E-state index is 0.0864. The molecule has 2 aromatic carbocycles. The molecular weight excluding hydrogens is 459 g/mol. The van der Waals surface area contributed by atoms with E-state index < -0.39 is 11.8 Å². The number of rotatable bonds is 7. The van der Waals surface area contributed by atoms with Crippen LogP contribution in [0.25, 0.3) is 23.0 Å². The highest BCUT2D eigenvalue weighted by atomic mass is 19.1. The van der Waals surface area contributed by atoms with Gasteiger partial charge >= 0.3 is 0 Å². The third kappa shape index (κ3) is 4.74. The van der Waals surface area contributed by atoms with Gasteiger partial charge in [-0.1, -0.05) is 30.3 Å². The SMILES string of the molecule is COCCCN1C(=O)C(C#N)=C(C)/C(=C\c2cn(-c3ccccc3)nc2-c2ccc(C)c(F)c2)C1=O. The lowest BCUT2D eigenvalue weighted by atomic mass is 9.93. The number of benzene rings is 2. The van der Waals surface area contributed by atoms with Crippen LogP contribution < -0.4 is 0 Å². The quantitative estimate of drug-likeness (QED) is 0.278. The molecule has 0 atom stereocenters. The van der Waals surface area contributed by atoms with E-state index in [9.17, 15) is 19.2 Å². The number of aromatic nitrogens is 2. The number of para-hydroxylation sites is 1. The number of methoxy groups -OCH3 is 1. The molecule has 1 aliphatic rings. The molecule has 2 heterocycles. The fraction of sp³-hybridized carbons (Fsp3) is 0.214. The molecule has 36 heavy (non-hydrogen) atoms. The number of imide groups is 1. The van der Waals surface area contributed by atoms with E-state index in [1.54, 1.807) is 42.9 Å². The predicted octanol–water partition coefficient (Wildman–Crippen LogP) is 4.62. The molecule has 182 valence electrons. The van der Waals surface area contributed by atoms with E-state index in [2.05, 4.69) is 5.10 Å². The van der Waals surface area contributed by atoms with Crippen LogP contribution in [0.2, 0.25) is 0 Å². The van der Waals surface area contributed by atoms with Crippen molar-refractivity contribution >= 4 is 17.9 Å². The van der Waals surface area contributed by atoms with Crippen LogP contribution in [-0.2, 0) is 14.3 Å². The van der Waals surface area contributed by atoms with Crippen LogP contribution >= 0.6 is 0 Å². The zero-order valence-corrected chi connectivity index (χ0v) is 20.3. The maximum Gasteiger partial charge on any atom is 0.271 e. The molecule has 0 aliphatic carbocycles. The van der Waals surface area contributed by atoms with Crippen LogP contribution in [0.5, 0.6) is 0 Å². The van der Waals surface area contributed by atoms with Crippen molar-refractivity contribution in [1.82, 2.24) is 14.7 Å². The molecule has 1 aromatic heterocycles. The first-order valence-corrected chi connectivity index (χ1v) is 11.5. The Morgan fingerprint density at radius 2 is 1.86 bits per heavy atom. The van der Waals surface area contributed by atoms with Crippen molar-refractivity contribution in [2.75, 3.05) is 20.3 Å². The summed E-state index contributed by atoms with van der Waals surface area (Å²) in [5, 5.41) is 14.3. The Bertz CT molecular complexity index is 1430. The Labute approximate surface area is 208 Å². The molecule has 0 N–H and O–H groups in total. The molecule has 0 fully saturated rings. The Morgan fingerprint density at radius 3 is 2.53 bits per heavy atom. The summed E-state index contributed by atoms with van der Waals surface area (Å²) in [6.45, 7) is 3.76. The van der Waals surface area contributed by atoms with Gasteiger partial charge < -0.3 is 4.74 Å². The first kappa shape index (κ1) is 24.8. The number of amides is 2. The molecule has 0 bridgehead atoms. The van der Waals surface area contributed by atoms with Gasteiger partial charge in [0.2, 0.25) is 0 Å². The average Bonchev–Trinajstić information content (AvgIpc) is 3.30. The molecule has 0 saturated heterocycles. The lowest BCUT2D eigenvalue weighted by Gasteiger charge is -2.27. The van der Waals surface area contributed by atoms with E-state index in [0.717, 1.165) is 10.6 Å². The number of carbonyl (C=O) groups is 2. The van der Waals surface area contributed by atoms with Gasteiger partial charge in [-0.05, 0) is 55.7 Å². The molecule has 0 radical (unpaired) electrons. The van der Waals surface area contributed by atoms with Crippen molar-refractivity contribution in [3.8, 4) is 23.0 Å². The molecule has 4 rings (SSSR count). The first-order valence-electron chi connectivity index (χ1n) is 11.5. The van der Waals surface area contributed by atoms with E-state index in [4.69, 9.17) is 4.74 Å². The minimum Gasteiger partial charge on any atom is -0.385 e. The molecule has 0 unspecified atom stereocenters. The van der Waals surface area contributed by atoms with Crippen molar-refractivity contribution in [1.29, 1.82) is 5.26 Å². The number of nitriles is 1. The number of ether oxygens (including phenoxy) is 1. The highest BCUT2D eigenvalue weighted by molar-refractivity contribution is 6.19. The number of hydrogen-bond donors (Lipinski definition) is 0. The molecule has 2 amide bonds. The zero-order chi connectivity index (χ0) is 25.8. The lowest BCUT2D eigenvalue weighted by Crippen LogP contribution is -2.43. The van der Waals surface area contributed by atoms with Crippen molar-refractivity contribution < 1.29 is 18.7 Å². The smallest absolute Gasteiger partial charge is 0.271 e. The van der Waals surface area contributed by atoms with Gasteiger partial charge in [-0.25, -0.2) is 9.07 Å². The van der Waals surface area contributed by atoms with Gasteiger partial charge in [0.15, 0.2) is 0 Å². The first-order chi connectivity index (χ1) is 17.3. The summed E-state index contributed by atoms with van der Waals surface area (Å²) in [5.41, 5.74) is 3.27. The fourth-order valence-corrected chi connectivity index (χ4v) is 4.03. The van der Waals surface area contributed by atoms with Crippen LogP contribution in [0, 0.1) is 24.1 Å². The predicted molar refractivity (Wildman–Crippen MR) is 133 cm³/mol. The molecule has 0 saturated carbocycles. The van der Waals surface area contributed by atoms with Crippen LogP contribution in [0.1, 0.15) is 24.5 Å². The second kappa shape index (κ2) is 10.5. The Kier molecular flexibility index (Phi) is 7.23. The second-order valence-corrected chi connectivity index (χ2v) is 8.46. The Morgan fingerprint density at radius 1 is 1.11 bits per heavy atom. The summed E-state index contributed by atoms with van der Waals surface area (Å²) < 4.78 is 21.1. The molecule has 0 spiro atoms. The van der Waals surface area contributed by atoms with Crippen molar-refractivity contribution in [3.05, 3.63) is 88.4 Å². The van der Waals surface area contributed by atoms with Gasteiger partial charge in [-0.15, -0.1) is 0 Å². The van der Waals surface area contributed by atoms with E-state index in [1.165, 1.54) is 13.2 Å². The monoisotopic (exact) mass is 484 g/mol. The zero-order valence-electron chi connectivity index (χ0n) is 20.3. The highest BCUT2D eigenvalue weighted by Gasteiger charge is 2.35. The third-order valence-electron chi connectivity index (χ3n) is 6.06. The summed E-state index contributed by atoms with van der Waals surface area (Å²) in [6, 6.07) is 16.2. The van der Waals surface area contributed by atoms with Gasteiger partial charge in [-0.2, -0.15) is 10.4 Å². The largest absolute Gasteiger partial charge is 0.385 e. The van der Waals surface area contributed by atoms with E-state index in [0.29, 0.717) is 41.0 Å². The maximum absolute atomic E-state index is 14.4. The number of halogens is 1. The summed E-state index contributed by atoms with van der Waals surface area (Å²) in [4.78, 5) is 27.3. The van der Waals surface area contributed by atoms with Crippen molar-refractivity contribution in [3.63, 3.8) is 0 Å². The number of hydrogen-bond acceptors (Lipinski definition) is 5. The van der Waals surface area contributed by atoms with Crippen molar-refractivity contribution in [2.45, 2.75) is 20.3 Å². The standard InChI is InChI=1S/C28H25FN4O3/c1-18-10-11-20(15-25(18)29)26-21(17-33(31-26)22-8-5-4-6-9-22)14-23-19(2)24(16-30)28(35)32(27(23)34)12-7-13-36-3/h4-6,8-11,14-15,17H,7,12-13H2,1-3H3/b23-14+. The van der Waals surface area contributed by atoms with Crippen LogP contribution in [0.3, 0.4) is 0 Å². The highest BCUT2D eigenvalue weighted by Crippen LogP contribution is 2.31. The number of carbonyl (C=O) groups excluding carboxylic acids is 2. The summed E-state index contributed by atoms with van der Waals surface area (Å²) >= 11 is 0. The average molecular weight is 485 g/mol. The Hall–Kier alpha value is -4.35. The second-order valence-electron chi connectivity index (χ2n) is 8.46. The van der Waals surface area contributed by atoms with Gasteiger partial charge in [0.05, 0.1) is 5.69 Å². The Balaban J connectivity index is 1.88. The van der Waals surface area contributed by atoms with Gasteiger partial charge in [0.25, 0.3) is 11.8 Å². The van der Waals surface area contributed by atoms with Crippen LogP contribution in [-0.4, -0.2) is 46.8 Å². The number of nitrogens with zero attached hydrogens (tertiary/aromatic N) is 4. The molecule has 8 heteroatoms. The normalized spacial score (nSPS) is 15.1. The lowest BCUT2D eigenvalue weighted by molar-refractivity contribution is -0.140. The molecule has 7 nitrogen and oxygen atoms in total. The summed E-state index contributed by atoms with van der Waals surface area (Å²) in [5.74, 6) is -1.48. The van der Waals surface area contributed by atoms with Gasteiger partial charge in [-0.3, -0.25) is 14.5 Å².